The Hall–Kier alpha value is -0.340. The van der Waals surface area contributed by atoms with Crippen LogP contribution in [0.15, 0.2) is 11.6 Å². The molecule has 0 aromatic carbocycles. The zero-order chi connectivity index (χ0) is 10.3. The molecular weight excluding hydrogens is 186 g/mol. The van der Waals surface area contributed by atoms with Crippen molar-refractivity contribution in [3.8, 4) is 0 Å². The number of hydrogen-bond donors (Lipinski definition) is 1. The average Bonchev–Trinajstić information content (AvgIpc) is 2.71. The Morgan fingerprint density at radius 1 is 1.33 bits per heavy atom. The maximum atomic E-state index is 10.9. The van der Waals surface area contributed by atoms with Crippen molar-refractivity contribution in [3.05, 3.63) is 11.6 Å². The lowest BCUT2D eigenvalue weighted by Crippen LogP contribution is -2.48. The quantitative estimate of drug-likeness (QED) is 0.664. The minimum absolute atomic E-state index is 0.423. The molecule has 1 N–H and O–H groups in total. The van der Waals surface area contributed by atoms with E-state index < -0.39 is 5.60 Å². The first kappa shape index (κ1) is 9.86. The lowest BCUT2D eigenvalue weighted by Gasteiger charge is -2.41. The van der Waals surface area contributed by atoms with Crippen LogP contribution in [0.5, 0.6) is 0 Å². The Kier molecular flexibility index (Phi) is 2.37. The van der Waals surface area contributed by atoms with Crippen LogP contribution in [0.4, 0.5) is 0 Å². The fourth-order valence-corrected chi connectivity index (χ4v) is 3.61. The van der Waals surface area contributed by atoms with Gasteiger partial charge >= 0.3 is 0 Å². The Balaban J connectivity index is 1.85. The zero-order valence-electron chi connectivity index (χ0n) is 9.41. The SMILES string of the molecule is OC1(C2=CCCCC2)CCN2CCC1C2. The summed E-state index contributed by atoms with van der Waals surface area (Å²) in [7, 11) is 0. The molecule has 2 bridgehead atoms. The molecule has 15 heavy (non-hydrogen) atoms. The lowest BCUT2D eigenvalue weighted by atomic mass is 9.73. The first-order valence-corrected chi connectivity index (χ1v) is 6.43. The molecule has 2 aliphatic heterocycles. The molecule has 0 spiro atoms. The summed E-state index contributed by atoms with van der Waals surface area (Å²) in [5.74, 6) is 0.524. The summed E-state index contributed by atoms with van der Waals surface area (Å²) in [4.78, 5) is 2.50. The van der Waals surface area contributed by atoms with E-state index in [-0.39, 0.29) is 0 Å². The van der Waals surface area contributed by atoms with E-state index in [0.29, 0.717) is 5.92 Å². The van der Waals surface area contributed by atoms with Gasteiger partial charge in [0.15, 0.2) is 0 Å². The van der Waals surface area contributed by atoms with Crippen LogP contribution in [0.25, 0.3) is 0 Å². The van der Waals surface area contributed by atoms with Crippen molar-refractivity contribution in [2.24, 2.45) is 5.92 Å². The number of aliphatic hydroxyl groups is 1. The molecule has 0 aromatic rings. The Bertz CT molecular complexity index is 286. The van der Waals surface area contributed by atoms with Crippen molar-refractivity contribution in [2.75, 3.05) is 19.6 Å². The molecule has 3 aliphatic rings. The Labute approximate surface area is 92.0 Å². The van der Waals surface area contributed by atoms with E-state index in [2.05, 4.69) is 11.0 Å². The monoisotopic (exact) mass is 207 g/mol. The number of fused-ring (bicyclic) bond motifs is 2. The van der Waals surface area contributed by atoms with Gasteiger partial charge in [0.2, 0.25) is 0 Å². The second-order valence-corrected chi connectivity index (χ2v) is 5.44. The highest BCUT2D eigenvalue weighted by molar-refractivity contribution is 5.23. The summed E-state index contributed by atoms with van der Waals surface area (Å²) in [5, 5.41) is 10.9. The summed E-state index contributed by atoms with van der Waals surface area (Å²) in [6.07, 6.45) is 9.44. The second-order valence-electron chi connectivity index (χ2n) is 5.44. The van der Waals surface area contributed by atoms with Crippen LogP contribution in [-0.4, -0.2) is 35.2 Å². The van der Waals surface area contributed by atoms with Gasteiger partial charge in [-0.2, -0.15) is 0 Å². The van der Waals surface area contributed by atoms with Gasteiger partial charge in [-0.05, 0) is 50.6 Å². The first-order chi connectivity index (χ1) is 7.29. The first-order valence-electron chi connectivity index (χ1n) is 6.43. The molecule has 0 saturated carbocycles. The molecular formula is C13H21NO. The van der Waals surface area contributed by atoms with E-state index in [0.717, 1.165) is 25.9 Å². The number of nitrogens with zero attached hydrogens (tertiary/aromatic N) is 1. The average molecular weight is 207 g/mol. The fraction of sp³-hybridized carbons (Fsp3) is 0.846. The molecule has 84 valence electrons. The van der Waals surface area contributed by atoms with Crippen molar-refractivity contribution < 1.29 is 5.11 Å². The van der Waals surface area contributed by atoms with Crippen LogP contribution in [-0.2, 0) is 0 Å². The number of allylic oxidation sites excluding steroid dienone is 1. The smallest absolute Gasteiger partial charge is 0.0909 e. The van der Waals surface area contributed by atoms with Crippen LogP contribution in [0.1, 0.15) is 38.5 Å². The van der Waals surface area contributed by atoms with Gasteiger partial charge in [-0.3, -0.25) is 0 Å². The molecule has 3 rings (SSSR count). The number of piperidine rings is 1. The van der Waals surface area contributed by atoms with E-state index in [1.807, 2.05) is 0 Å². The zero-order valence-corrected chi connectivity index (χ0v) is 9.41. The predicted octanol–water partition coefficient (Wildman–Crippen LogP) is 1.94. The van der Waals surface area contributed by atoms with E-state index in [1.54, 1.807) is 0 Å². The molecule has 2 nitrogen and oxygen atoms in total. The third-order valence-electron chi connectivity index (χ3n) is 4.60. The van der Waals surface area contributed by atoms with Gasteiger partial charge in [0.25, 0.3) is 0 Å². The molecule has 0 radical (unpaired) electrons. The van der Waals surface area contributed by atoms with Crippen LogP contribution in [0.3, 0.4) is 0 Å². The van der Waals surface area contributed by atoms with Crippen molar-refractivity contribution >= 4 is 0 Å². The normalized spacial score (nSPS) is 45.3. The number of rotatable bonds is 1. The van der Waals surface area contributed by atoms with Crippen LogP contribution < -0.4 is 0 Å². The highest BCUT2D eigenvalue weighted by Crippen LogP contribution is 2.43. The highest BCUT2D eigenvalue weighted by Gasteiger charge is 2.46. The molecule has 2 fully saturated rings. The minimum Gasteiger partial charge on any atom is -0.385 e. The van der Waals surface area contributed by atoms with Crippen molar-refractivity contribution in [1.82, 2.24) is 4.90 Å². The summed E-state index contributed by atoms with van der Waals surface area (Å²) < 4.78 is 0. The lowest BCUT2D eigenvalue weighted by molar-refractivity contribution is -0.0160. The minimum atomic E-state index is -0.423. The van der Waals surface area contributed by atoms with Crippen LogP contribution in [0.2, 0.25) is 0 Å². The van der Waals surface area contributed by atoms with Gasteiger partial charge in [-0.15, -0.1) is 0 Å². The van der Waals surface area contributed by atoms with Crippen LogP contribution in [0, 0.1) is 5.92 Å². The molecule has 2 saturated heterocycles. The molecule has 1 aliphatic carbocycles. The van der Waals surface area contributed by atoms with E-state index >= 15 is 0 Å². The molecule has 3 unspecified atom stereocenters. The maximum Gasteiger partial charge on any atom is 0.0909 e. The molecule has 2 heteroatoms. The summed E-state index contributed by atoms with van der Waals surface area (Å²) >= 11 is 0. The van der Waals surface area contributed by atoms with E-state index in [4.69, 9.17) is 0 Å². The van der Waals surface area contributed by atoms with Crippen molar-refractivity contribution in [1.29, 1.82) is 0 Å². The fourth-order valence-electron chi connectivity index (χ4n) is 3.61. The maximum absolute atomic E-state index is 10.9. The topological polar surface area (TPSA) is 23.5 Å². The third-order valence-corrected chi connectivity index (χ3v) is 4.60. The van der Waals surface area contributed by atoms with E-state index in [1.165, 1.54) is 37.8 Å². The Morgan fingerprint density at radius 3 is 3.07 bits per heavy atom. The molecule has 0 aromatic heterocycles. The van der Waals surface area contributed by atoms with Gasteiger partial charge in [0.1, 0.15) is 0 Å². The number of hydrogen-bond acceptors (Lipinski definition) is 2. The summed E-state index contributed by atoms with van der Waals surface area (Å²) in [5.41, 5.74) is 0.952. The molecule has 2 heterocycles. The standard InChI is InChI=1S/C13H21NO/c15-13(11-4-2-1-3-5-11)7-9-14-8-6-12(13)10-14/h4,12,15H,1-3,5-10H2. The van der Waals surface area contributed by atoms with Crippen molar-refractivity contribution in [3.63, 3.8) is 0 Å². The van der Waals surface area contributed by atoms with Gasteiger partial charge < -0.3 is 10.0 Å². The molecule has 0 amide bonds. The summed E-state index contributed by atoms with van der Waals surface area (Å²) in [6.45, 7) is 3.44. The Morgan fingerprint density at radius 2 is 2.27 bits per heavy atom. The highest BCUT2D eigenvalue weighted by atomic mass is 16.3. The van der Waals surface area contributed by atoms with Crippen LogP contribution >= 0.6 is 0 Å². The van der Waals surface area contributed by atoms with Gasteiger partial charge in [0.05, 0.1) is 5.60 Å². The van der Waals surface area contributed by atoms with Crippen molar-refractivity contribution in [2.45, 2.75) is 44.1 Å². The largest absolute Gasteiger partial charge is 0.385 e. The molecule has 3 atom stereocenters. The van der Waals surface area contributed by atoms with Gasteiger partial charge in [0, 0.05) is 19.0 Å². The van der Waals surface area contributed by atoms with Gasteiger partial charge in [-0.25, -0.2) is 0 Å². The predicted molar refractivity (Wildman–Crippen MR) is 60.7 cm³/mol. The second kappa shape index (κ2) is 3.60. The summed E-state index contributed by atoms with van der Waals surface area (Å²) in [6, 6.07) is 0. The van der Waals surface area contributed by atoms with Gasteiger partial charge in [-0.1, -0.05) is 6.08 Å². The third kappa shape index (κ3) is 1.55. The van der Waals surface area contributed by atoms with E-state index in [9.17, 15) is 5.11 Å².